The number of aliphatic carboxylic acids is 1. The smallest absolute Gasteiger partial charge is 0.326 e. The number of carboxylic acid groups (broad SMARTS) is 1. The van der Waals surface area contributed by atoms with Gasteiger partial charge in [-0.05, 0) is 43.6 Å². The van der Waals surface area contributed by atoms with Gasteiger partial charge < -0.3 is 16.2 Å². The van der Waals surface area contributed by atoms with Crippen molar-refractivity contribution >= 4 is 11.9 Å². The zero-order valence-electron chi connectivity index (χ0n) is 11.2. The monoisotopic (exact) mass is 256 g/mol. The van der Waals surface area contributed by atoms with Gasteiger partial charge in [0, 0.05) is 6.42 Å². The summed E-state index contributed by atoms with van der Waals surface area (Å²) in [6.45, 7) is 4.64. The van der Waals surface area contributed by atoms with E-state index in [0.29, 0.717) is 18.9 Å². The summed E-state index contributed by atoms with van der Waals surface area (Å²) in [5, 5.41) is 11.7. The molecule has 4 N–H and O–H groups in total. The first-order valence-corrected chi connectivity index (χ1v) is 6.66. The van der Waals surface area contributed by atoms with Crippen molar-refractivity contribution in [3.05, 3.63) is 0 Å². The fourth-order valence-electron chi connectivity index (χ4n) is 2.23. The molecule has 0 bridgehead atoms. The first kappa shape index (κ1) is 15.0. The Morgan fingerprint density at radius 3 is 2.39 bits per heavy atom. The molecule has 5 heteroatoms. The molecule has 0 aromatic rings. The molecule has 1 unspecified atom stereocenters. The normalized spacial score (nSPS) is 18.4. The molecule has 5 nitrogen and oxygen atoms in total. The van der Waals surface area contributed by atoms with Crippen molar-refractivity contribution in [3.8, 4) is 0 Å². The fraction of sp³-hybridized carbons (Fsp3) is 0.846. The van der Waals surface area contributed by atoms with Gasteiger partial charge in [0.05, 0.1) is 0 Å². The number of carbonyl (C=O) groups is 2. The Labute approximate surface area is 108 Å². The molecule has 104 valence electrons. The van der Waals surface area contributed by atoms with Crippen molar-refractivity contribution in [3.63, 3.8) is 0 Å². The first-order chi connectivity index (χ1) is 8.43. The summed E-state index contributed by atoms with van der Waals surface area (Å²) in [5.41, 5.74) is 5.64. The van der Waals surface area contributed by atoms with E-state index < -0.39 is 12.0 Å². The van der Waals surface area contributed by atoms with Gasteiger partial charge in [-0.15, -0.1) is 0 Å². The summed E-state index contributed by atoms with van der Waals surface area (Å²) < 4.78 is 0. The van der Waals surface area contributed by atoms with E-state index in [2.05, 4.69) is 19.2 Å². The lowest BCUT2D eigenvalue weighted by molar-refractivity contribution is -0.142. The van der Waals surface area contributed by atoms with Crippen LogP contribution in [0.1, 0.15) is 39.5 Å². The van der Waals surface area contributed by atoms with Crippen LogP contribution in [0.3, 0.4) is 0 Å². The van der Waals surface area contributed by atoms with Crippen molar-refractivity contribution in [2.45, 2.75) is 45.6 Å². The first-order valence-electron chi connectivity index (χ1n) is 6.66. The number of carboxylic acids is 1. The number of amides is 1. The van der Waals surface area contributed by atoms with Crippen LogP contribution in [0.5, 0.6) is 0 Å². The molecule has 1 aliphatic rings. The van der Waals surface area contributed by atoms with Crippen LogP contribution in [0.4, 0.5) is 0 Å². The second-order valence-corrected chi connectivity index (χ2v) is 5.66. The van der Waals surface area contributed by atoms with Crippen molar-refractivity contribution in [2.24, 2.45) is 23.5 Å². The third-order valence-electron chi connectivity index (χ3n) is 3.29. The standard InChI is InChI=1S/C13H24N2O3/c1-8(2)5-9(7-14)6-11(16)15-12(13(17)18)10-3-4-10/h8-10,12H,3-7,14H2,1-2H3,(H,15,16)(H,17,18)/t9-,12?/m0/s1. The highest BCUT2D eigenvalue weighted by Gasteiger charge is 2.37. The van der Waals surface area contributed by atoms with Crippen LogP contribution in [-0.2, 0) is 9.59 Å². The van der Waals surface area contributed by atoms with Crippen molar-refractivity contribution < 1.29 is 14.7 Å². The quantitative estimate of drug-likeness (QED) is 0.603. The lowest BCUT2D eigenvalue weighted by Crippen LogP contribution is -2.43. The predicted molar refractivity (Wildman–Crippen MR) is 68.9 cm³/mol. The van der Waals surface area contributed by atoms with E-state index >= 15 is 0 Å². The summed E-state index contributed by atoms with van der Waals surface area (Å²) in [7, 11) is 0. The molecule has 0 aliphatic heterocycles. The van der Waals surface area contributed by atoms with Crippen LogP contribution in [0.25, 0.3) is 0 Å². The Balaban J connectivity index is 2.41. The van der Waals surface area contributed by atoms with E-state index in [1.54, 1.807) is 0 Å². The minimum absolute atomic E-state index is 0.118. The van der Waals surface area contributed by atoms with Gasteiger partial charge in [0.1, 0.15) is 6.04 Å². The topological polar surface area (TPSA) is 92.4 Å². The Morgan fingerprint density at radius 2 is 2.00 bits per heavy atom. The average Bonchev–Trinajstić information content (AvgIpc) is 3.07. The predicted octanol–water partition coefficient (Wildman–Crippen LogP) is 0.977. The molecule has 0 aromatic heterocycles. The van der Waals surface area contributed by atoms with Gasteiger partial charge in [-0.2, -0.15) is 0 Å². The molecule has 0 aromatic carbocycles. The molecule has 18 heavy (non-hydrogen) atoms. The van der Waals surface area contributed by atoms with E-state index in [0.717, 1.165) is 19.3 Å². The number of nitrogens with one attached hydrogen (secondary N) is 1. The summed E-state index contributed by atoms with van der Waals surface area (Å²) in [4.78, 5) is 22.8. The summed E-state index contributed by atoms with van der Waals surface area (Å²) in [6.07, 6.45) is 3.00. The van der Waals surface area contributed by atoms with Crippen LogP contribution in [0, 0.1) is 17.8 Å². The molecular weight excluding hydrogens is 232 g/mol. The number of hydrogen-bond acceptors (Lipinski definition) is 3. The Hall–Kier alpha value is -1.10. The third kappa shape index (κ3) is 5.04. The molecule has 1 amide bonds. The number of nitrogens with two attached hydrogens (primary N) is 1. The number of hydrogen-bond donors (Lipinski definition) is 3. The van der Waals surface area contributed by atoms with Gasteiger partial charge in [0.25, 0.3) is 0 Å². The highest BCUT2D eigenvalue weighted by molar-refractivity contribution is 5.84. The lowest BCUT2D eigenvalue weighted by Gasteiger charge is -2.19. The zero-order chi connectivity index (χ0) is 13.7. The second kappa shape index (κ2) is 6.73. The average molecular weight is 256 g/mol. The van der Waals surface area contributed by atoms with Gasteiger partial charge in [0.2, 0.25) is 5.91 Å². The van der Waals surface area contributed by atoms with Gasteiger partial charge in [-0.25, -0.2) is 4.79 Å². The Morgan fingerprint density at radius 1 is 1.39 bits per heavy atom. The van der Waals surface area contributed by atoms with Crippen LogP contribution in [0.2, 0.25) is 0 Å². The van der Waals surface area contributed by atoms with Gasteiger partial charge >= 0.3 is 5.97 Å². The maximum absolute atomic E-state index is 11.8. The summed E-state index contributed by atoms with van der Waals surface area (Å²) in [5.74, 6) is -0.374. The minimum atomic E-state index is -0.931. The number of rotatable bonds is 8. The molecule has 1 saturated carbocycles. The van der Waals surface area contributed by atoms with Crippen molar-refractivity contribution in [1.29, 1.82) is 0 Å². The summed E-state index contributed by atoms with van der Waals surface area (Å²) in [6, 6.07) is -0.713. The SMILES string of the molecule is CC(C)C[C@H](CN)CC(=O)NC(C(=O)O)C1CC1. The molecule has 1 aliphatic carbocycles. The highest BCUT2D eigenvalue weighted by atomic mass is 16.4. The Kier molecular flexibility index (Phi) is 5.59. The van der Waals surface area contributed by atoms with Crippen molar-refractivity contribution in [2.75, 3.05) is 6.54 Å². The molecule has 1 rings (SSSR count). The fourth-order valence-corrected chi connectivity index (χ4v) is 2.23. The highest BCUT2D eigenvalue weighted by Crippen LogP contribution is 2.32. The maximum atomic E-state index is 11.8. The van der Waals surface area contributed by atoms with E-state index in [1.165, 1.54) is 0 Å². The van der Waals surface area contributed by atoms with E-state index in [-0.39, 0.29) is 17.7 Å². The Bertz CT molecular complexity index is 301. The van der Waals surface area contributed by atoms with Crippen LogP contribution in [0.15, 0.2) is 0 Å². The molecule has 0 radical (unpaired) electrons. The van der Waals surface area contributed by atoms with Gasteiger partial charge in [-0.3, -0.25) is 4.79 Å². The van der Waals surface area contributed by atoms with Crippen LogP contribution < -0.4 is 11.1 Å². The molecule has 0 heterocycles. The molecule has 1 fully saturated rings. The summed E-state index contributed by atoms with van der Waals surface area (Å²) >= 11 is 0. The van der Waals surface area contributed by atoms with E-state index in [9.17, 15) is 9.59 Å². The largest absolute Gasteiger partial charge is 0.480 e. The van der Waals surface area contributed by atoms with Crippen molar-refractivity contribution in [1.82, 2.24) is 5.32 Å². The molecular formula is C13H24N2O3. The maximum Gasteiger partial charge on any atom is 0.326 e. The molecule has 0 saturated heterocycles. The molecule has 0 spiro atoms. The second-order valence-electron chi connectivity index (χ2n) is 5.66. The lowest BCUT2D eigenvalue weighted by atomic mass is 9.94. The molecule has 2 atom stereocenters. The number of carbonyl (C=O) groups excluding carboxylic acids is 1. The van der Waals surface area contributed by atoms with Crippen LogP contribution >= 0.6 is 0 Å². The van der Waals surface area contributed by atoms with E-state index in [4.69, 9.17) is 10.8 Å². The third-order valence-corrected chi connectivity index (χ3v) is 3.29. The van der Waals surface area contributed by atoms with Gasteiger partial charge in [0.15, 0.2) is 0 Å². The van der Waals surface area contributed by atoms with Crippen LogP contribution in [-0.4, -0.2) is 29.6 Å². The van der Waals surface area contributed by atoms with E-state index in [1.807, 2.05) is 0 Å². The minimum Gasteiger partial charge on any atom is -0.480 e. The zero-order valence-corrected chi connectivity index (χ0v) is 11.2. The van der Waals surface area contributed by atoms with Gasteiger partial charge in [-0.1, -0.05) is 13.8 Å².